The molecule has 0 aromatic carbocycles. The number of carbonyl (C=O) groups excluding carboxylic acids is 1. The Hall–Kier alpha value is -0.810. The fourth-order valence-electron chi connectivity index (χ4n) is 1.59. The fourth-order valence-corrected chi connectivity index (χ4v) is 1.59. The Bertz CT molecular complexity index is 210. The standard InChI is InChI=1S/C13H28N2O3/c1-7-9-11(14(3)4)17-13(16)18-12(10-8-2)15(5)6/h11-12H,7-10H2,1-6H3. The van der Waals surface area contributed by atoms with E-state index < -0.39 is 6.16 Å². The van der Waals surface area contributed by atoms with Gasteiger partial charge in [-0.2, -0.15) is 0 Å². The topological polar surface area (TPSA) is 42.0 Å². The highest BCUT2D eigenvalue weighted by Gasteiger charge is 2.21. The second kappa shape index (κ2) is 9.16. The van der Waals surface area contributed by atoms with Crippen LogP contribution < -0.4 is 0 Å². The van der Waals surface area contributed by atoms with Gasteiger partial charge in [0.1, 0.15) is 0 Å². The molecule has 0 spiro atoms. The molecule has 0 N–H and O–H groups in total. The summed E-state index contributed by atoms with van der Waals surface area (Å²) < 4.78 is 10.6. The molecule has 0 aliphatic rings. The summed E-state index contributed by atoms with van der Waals surface area (Å²) in [5.41, 5.74) is 0. The van der Waals surface area contributed by atoms with Crippen LogP contribution in [-0.2, 0) is 9.47 Å². The smallest absolute Gasteiger partial charge is 0.415 e. The Morgan fingerprint density at radius 1 is 0.889 bits per heavy atom. The maximum Gasteiger partial charge on any atom is 0.511 e. The molecule has 5 nitrogen and oxygen atoms in total. The summed E-state index contributed by atoms with van der Waals surface area (Å²) in [4.78, 5) is 15.5. The van der Waals surface area contributed by atoms with Crippen molar-refractivity contribution in [2.45, 2.75) is 52.0 Å². The molecule has 0 fully saturated rings. The summed E-state index contributed by atoms with van der Waals surface area (Å²) in [5, 5.41) is 0. The predicted molar refractivity (Wildman–Crippen MR) is 72.3 cm³/mol. The molecule has 108 valence electrons. The van der Waals surface area contributed by atoms with Crippen molar-refractivity contribution in [3.8, 4) is 0 Å². The van der Waals surface area contributed by atoms with Gasteiger partial charge in [-0.25, -0.2) is 4.79 Å². The molecule has 0 bridgehead atoms. The number of rotatable bonds is 8. The van der Waals surface area contributed by atoms with Crippen LogP contribution >= 0.6 is 0 Å². The van der Waals surface area contributed by atoms with E-state index in [9.17, 15) is 4.79 Å². The minimum absolute atomic E-state index is 0.216. The molecule has 0 radical (unpaired) electrons. The van der Waals surface area contributed by atoms with Crippen LogP contribution in [0.4, 0.5) is 4.79 Å². The molecule has 0 rings (SSSR count). The van der Waals surface area contributed by atoms with Crippen LogP contribution in [0.2, 0.25) is 0 Å². The number of carbonyl (C=O) groups is 1. The summed E-state index contributed by atoms with van der Waals surface area (Å²) in [6, 6.07) is 0. The quantitative estimate of drug-likeness (QED) is 0.495. The van der Waals surface area contributed by atoms with E-state index in [0.29, 0.717) is 0 Å². The first kappa shape index (κ1) is 17.2. The fraction of sp³-hybridized carbons (Fsp3) is 0.923. The lowest BCUT2D eigenvalue weighted by Crippen LogP contribution is -2.37. The maximum atomic E-state index is 11.7. The minimum atomic E-state index is -0.589. The SMILES string of the molecule is CCCC(OC(=O)OC(CCC)N(C)C)N(C)C. The third kappa shape index (κ3) is 6.81. The van der Waals surface area contributed by atoms with Gasteiger partial charge >= 0.3 is 6.16 Å². The number of nitrogens with zero attached hydrogens (tertiary/aromatic N) is 2. The normalized spacial score (nSPS) is 14.7. The molecule has 0 aromatic rings. The third-order valence-corrected chi connectivity index (χ3v) is 2.69. The van der Waals surface area contributed by atoms with Gasteiger partial charge in [0.05, 0.1) is 0 Å². The molecule has 2 atom stereocenters. The van der Waals surface area contributed by atoms with Crippen LogP contribution in [0.3, 0.4) is 0 Å². The van der Waals surface area contributed by atoms with Crippen LogP contribution in [0.25, 0.3) is 0 Å². The highest BCUT2D eigenvalue weighted by Crippen LogP contribution is 2.10. The molecule has 0 aliphatic heterocycles. The van der Waals surface area contributed by atoms with Gasteiger partial charge in [-0.3, -0.25) is 9.80 Å². The number of ether oxygens (including phenoxy) is 2. The highest BCUT2D eigenvalue weighted by atomic mass is 16.7. The zero-order chi connectivity index (χ0) is 14.1. The largest absolute Gasteiger partial charge is 0.511 e. The van der Waals surface area contributed by atoms with Gasteiger partial charge in [-0.1, -0.05) is 26.7 Å². The Morgan fingerprint density at radius 2 is 1.22 bits per heavy atom. The molecular formula is C13H28N2O3. The molecule has 0 aromatic heterocycles. The van der Waals surface area contributed by atoms with Gasteiger partial charge in [0.25, 0.3) is 0 Å². The van der Waals surface area contributed by atoms with E-state index >= 15 is 0 Å². The Morgan fingerprint density at radius 3 is 1.44 bits per heavy atom. The van der Waals surface area contributed by atoms with E-state index in [1.165, 1.54) is 0 Å². The molecule has 0 heterocycles. The molecule has 5 heteroatoms. The van der Waals surface area contributed by atoms with E-state index in [0.717, 1.165) is 25.7 Å². The van der Waals surface area contributed by atoms with Crippen molar-refractivity contribution in [2.75, 3.05) is 28.2 Å². The van der Waals surface area contributed by atoms with Crippen LogP contribution in [-0.4, -0.2) is 56.6 Å². The Kier molecular flexibility index (Phi) is 8.75. The molecular weight excluding hydrogens is 232 g/mol. The van der Waals surface area contributed by atoms with Crippen LogP contribution in [0.5, 0.6) is 0 Å². The first-order chi connectivity index (χ1) is 8.42. The van der Waals surface area contributed by atoms with E-state index in [1.54, 1.807) is 0 Å². The van der Waals surface area contributed by atoms with E-state index in [1.807, 2.05) is 38.0 Å². The number of hydrogen-bond donors (Lipinski definition) is 0. The molecule has 0 saturated carbocycles. The number of hydrogen-bond acceptors (Lipinski definition) is 5. The van der Waals surface area contributed by atoms with Crippen molar-refractivity contribution in [2.24, 2.45) is 0 Å². The summed E-state index contributed by atoms with van der Waals surface area (Å²) in [5.74, 6) is 0. The molecule has 0 aliphatic carbocycles. The van der Waals surface area contributed by atoms with Crippen LogP contribution in [0, 0.1) is 0 Å². The first-order valence-corrected chi connectivity index (χ1v) is 6.62. The van der Waals surface area contributed by atoms with E-state index in [-0.39, 0.29) is 12.5 Å². The Labute approximate surface area is 111 Å². The lowest BCUT2D eigenvalue weighted by atomic mass is 10.3. The first-order valence-electron chi connectivity index (χ1n) is 6.62. The van der Waals surface area contributed by atoms with Crippen molar-refractivity contribution in [3.05, 3.63) is 0 Å². The van der Waals surface area contributed by atoms with Crippen molar-refractivity contribution in [1.29, 1.82) is 0 Å². The van der Waals surface area contributed by atoms with Crippen molar-refractivity contribution < 1.29 is 14.3 Å². The van der Waals surface area contributed by atoms with Crippen molar-refractivity contribution >= 4 is 6.16 Å². The van der Waals surface area contributed by atoms with Gasteiger partial charge in [-0.15, -0.1) is 0 Å². The van der Waals surface area contributed by atoms with E-state index in [2.05, 4.69) is 13.8 Å². The van der Waals surface area contributed by atoms with Gasteiger partial charge < -0.3 is 9.47 Å². The molecule has 2 unspecified atom stereocenters. The third-order valence-electron chi connectivity index (χ3n) is 2.69. The van der Waals surface area contributed by atoms with Crippen molar-refractivity contribution in [1.82, 2.24) is 9.80 Å². The van der Waals surface area contributed by atoms with Gasteiger partial charge in [0, 0.05) is 0 Å². The average Bonchev–Trinajstić information content (AvgIpc) is 2.27. The summed E-state index contributed by atoms with van der Waals surface area (Å²) in [6.45, 7) is 4.12. The average molecular weight is 260 g/mol. The zero-order valence-corrected chi connectivity index (χ0v) is 12.6. The van der Waals surface area contributed by atoms with E-state index in [4.69, 9.17) is 9.47 Å². The molecule has 0 saturated heterocycles. The van der Waals surface area contributed by atoms with Gasteiger partial charge in [-0.05, 0) is 41.0 Å². The molecule has 18 heavy (non-hydrogen) atoms. The summed E-state index contributed by atoms with van der Waals surface area (Å²) in [6.07, 6.45) is 2.52. The maximum absolute atomic E-state index is 11.7. The zero-order valence-electron chi connectivity index (χ0n) is 12.6. The monoisotopic (exact) mass is 260 g/mol. The second-order valence-corrected chi connectivity index (χ2v) is 4.90. The van der Waals surface area contributed by atoms with Crippen LogP contribution in [0.15, 0.2) is 0 Å². The minimum Gasteiger partial charge on any atom is -0.415 e. The van der Waals surface area contributed by atoms with Gasteiger partial charge in [0.15, 0.2) is 12.5 Å². The summed E-state index contributed by atoms with van der Waals surface area (Å²) in [7, 11) is 7.57. The molecule has 0 amide bonds. The Balaban J connectivity index is 4.28. The van der Waals surface area contributed by atoms with Gasteiger partial charge in [0.2, 0.25) is 0 Å². The predicted octanol–water partition coefficient (Wildman–Crippen LogP) is 2.52. The summed E-state index contributed by atoms with van der Waals surface area (Å²) >= 11 is 0. The lowest BCUT2D eigenvalue weighted by Gasteiger charge is -2.27. The highest BCUT2D eigenvalue weighted by molar-refractivity contribution is 5.60. The van der Waals surface area contributed by atoms with Crippen molar-refractivity contribution in [3.63, 3.8) is 0 Å². The van der Waals surface area contributed by atoms with Crippen LogP contribution in [0.1, 0.15) is 39.5 Å². The lowest BCUT2D eigenvalue weighted by molar-refractivity contribution is -0.0750. The second-order valence-electron chi connectivity index (χ2n) is 4.90.